The third-order valence-electron chi connectivity index (χ3n) is 5.96. The van der Waals surface area contributed by atoms with Crippen LogP contribution in [0.5, 0.6) is 11.5 Å². The highest BCUT2D eigenvalue weighted by molar-refractivity contribution is 5.87. The molecule has 0 saturated heterocycles. The molecule has 4 aromatic rings. The normalized spacial score (nSPS) is 10.8. The lowest BCUT2D eigenvalue weighted by molar-refractivity contribution is 0.0696. The molecule has 0 aliphatic rings. The Balaban J connectivity index is 1.44. The van der Waals surface area contributed by atoms with Crippen LogP contribution in [0.3, 0.4) is 0 Å². The molecule has 6 heteroatoms. The van der Waals surface area contributed by atoms with Gasteiger partial charge < -0.3 is 19.5 Å². The molecule has 0 unspecified atom stereocenters. The van der Waals surface area contributed by atoms with E-state index >= 15 is 0 Å². The van der Waals surface area contributed by atoms with Crippen LogP contribution >= 0.6 is 0 Å². The quantitative estimate of drug-likeness (QED) is 0.280. The van der Waals surface area contributed by atoms with E-state index < -0.39 is 5.97 Å². The summed E-state index contributed by atoms with van der Waals surface area (Å²) < 4.78 is 11.0. The Kier molecular flexibility index (Phi) is 7.85. The molecule has 3 aromatic carbocycles. The molecular weight excluding hydrogens is 452 g/mol. The van der Waals surface area contributed by atoms with Crippen molar-refractivity contribution in [2.24, 2.45) is 0 Å². The fraction of sp³-hybridized carbons (Fsp3) is 0.200. The molecule has 1 heterocycles. The SMILES string of the molecule is COc1ccc(N(Cc2cccc(-c3ccc(COc4cncc(C(=O)O)c4)cc3)c2)C(C)C)cc1. The van der Waals surface area contributed by atoms with Crippen molar-refractivity contribution in [3.05, 3.63) is 108 Å². The van der Waals surface area contributed by atoms with E-state index in [1.807, 2.05) is 24.3 Å². The van der Waals surface area contributed by atoms with Crippen LogP contribution in [0.1, 0.15) is 35.3 Å². The Labute approximate surface area is 211 Å². The van der Waals surface area contributed by atoms with Crippen LogP contribution in [0.15, 0.2) is 91.3 Å². The first-order valence-corrected chi connectivity index (χ1v) is 11.8. The number of nitrogens with zero attached hydrogens (tertiary/aromatic N) is 2. The van der Waals surface area contributed by atoms with Gasteiger partial charge in [-0.05, 0) is 72.5 Å². The molecule has 0 amide bonds. The van der Waals surface area contributed by atoms with Gasteiger partial charge in [0.25, 0.3) is 0 Å². The third-order valence-corrected chi connectivity index (χ3v) is 5.96. The summed E-state index contributed by atoms with van der Waals surface area (Å²) in [4.78, 5) is 17.4. The number of carboxylic acids is 1. The first-order valence-electron chi connectivity index (χ1n) is 11.8. The van der Waals surface area contributed by atoms with Crippen LogP contribution in [-0.4, -0.2) is 29.2 Å². The predicted octanol–water partition coefficient (Wildman–Crippen LogP) is 6.45. The standard InChI is InChI=1S/C30H30N2O4/c1-21(2)32(27-11-13-28(35-3)14-12-27)19-23-5-4-6-25(15-23)24-9-7-22(8-10-24)20-36-29-16-26(30(33)34)17-31-18-29/h4-18,21H,19-20H2,1-3H3,(H,33,34). The summed E-state index contributed by atoms with van der Waals surface area (Å²) in [7, 11) is 1.68. The van der Waals surface area contributed by atoms with E-state index in [0.29, 0.717) is 18.4 Å². The number of hydrogen-bond donors (Lipinski definition) is 1. The first kappa shape index (κ1) is 24.8. The van der Waals surface area contributed by atoms with Crippen LogP contribution < -0.4 is 14.4 Å². The van der Waals surface area contributed by atoms with Gasteiger partial charge in [0.2, 0.25) is 0 Å². The van der Waals surface area contributed by atoms with E-state index in [4.69, 9.17) is 14.6 Å². The number of hydrogen-bond acceptors (Lipinski definition) is 5. The molecule has 0 bridgehead atoms. The predicted molar refractivity (Wildman–Crippen MR) is 142 cm³/mol. The smallest absolute Gasteiger partial charge is 0.337 e. The van der Waals surface area contributed by atoms with Gasteiger partial charge in [-0.3, -0.25) is 4.98 Å². The maximum Gasteiger partial charge on any atom is 0.337 e. The monoisotopic (exact) mass is 482 g/mol. The molecule has 0 aliphatic carbocycles. The minimum atomic E-state index is -1.03. The van der Waals surface area contributed by atoms with E-state index in [1.54, 1.807) is 7.11 Å². The molecule has 6 nitrogen and oxygen atoms in total. The topological polar surface area (TPSA) is 71.9 Å². The fourth-order valence-corrected chi connectivity index (χ4v) is 3.97. The number of anilines is 1. The average molecular weight is 483 g/mol. The van der Waals surface area contributed by atoms with Crippen molar-refractivity contribution in [2.75, 3.05) is 12.0 Å². The number of carboxylic acid groups (broad SMARTS) is 1. The third kappa shape index (κ3) is 6.21. The number of carbonyl (C=O) groups is 1. The number of benzene rings is 3. The van der Waals surface area contributed by atoms with Crippen molar-refractivity contribution in [2.45, 2.75) is 33.0 Å². The second-order valence-electron chi connectivity index (χ2n) is 8.82. The Bertz CT molecular complexity index is 1300. The highest BCUT2D eigenvalue weighted by Gasteiger charge is 2.12. The van der Waals surface area contributed by atoms with Gasteiger partial charge in [-0.2, -0.15) is 0 Å². The number of methoxy groups -OCH3 is 1. The molecular formula is C30H30N2O4. The maximum absolute atomic E-state index is 11.1. The summed E-state index contributed by atoms with van der Waals surface area (Å²) in [6, 6.07) is 26.8. The highest BCUT2D eigenvalue weighted by atomic mass is 16.5. The van der Waals surface area contributed by atoms with Crippen LogP contribution in [0, 0.1) is 0 Å². The van der Waals surface area contributed by atoms with Crippen molar-refractivity contribution in [1.82, 2.24) is 4.98 Å². The number of aromatic carboxylic acids is 1. The molecule has 1 aromatic heterocycles. The molecule has 0 spiro atoms. The van der Waals surface area contributed by atoms with Gasteiger partial charge in [-0.15, -0.1) is 0 Å². The van der Waals surface area contributed by atoms with Gasteiger partial charge in [0.1, 0.15) is 18.1 Å². The van der Waals surface area contributed by atoms with Gasteiger partial charge >= 0.3 is 5.97 Å². The largest absolute Gasteiger partial charge is 0.497 e. The Morgan fingerprint density at radius 1 is 0.889 bits per heavy atom. The fourth-order valence-electron chi connectivity index (χ4n) is 3.97. The van der Waals surface area contributed by atoms with Crippen LogP contribution in [-0.2, 0) is 13.2 Å². The van der Waals surface area contributed by atoms with Crippen molar-refractivity contribution in [3.63, 3.8) is 0 Å². The number of rotatable bonds is 10. The summed E-state index contributed by atoms with van der Waals surface area (Å²) >= 11 is 0. The summed E-state index contributed by atoms with van der Waals surface area (Å²) in [5.41, 5.74) is 5.75. The van der Waals surface area contributed by atoms with Gasteiger partial charge in [0, 0.05) is 24.5 Å². The van der Waals surface area contributed by atoms with E-state index in [2.05, 4.69) is 72.3 Å². The molecule has 4 rings (SSSR count). The van der Waals surface area contributed by atoms with Crippen molar-refractivity contribution in [3.8, 4) is 22.6 Å². The average Bonchev–Trinajstić information content (AvgIpc) is 2.91. The van der Waals surface area contributed by atoms with Crippen LogP contribution in [0.25, 0.3) is 11.1 Å². The zero-order valence-corrected chi connectivity index (χ0v) is 20.7. The number of ether oxygens (including phenoxy) is 2. The Morgan fingerprint density at radius 3 is 2.31 bits per heavy atom. The first-order chi connectivity index (χ1) is 17.4. The summed E-state index contributed by atoms with van der Waals surface area (Å²) in [6.07, 6.45) is 2.81. The van der Waals surface area contributed by atoms with E-state index in [-0.39, 0.29) is 5.56 Å². The molecule has 36 heavy (non-hydrogen) atoms. The van der Waals surface area contributed by atoms with Crippen LogP contribution in [0.4, 0.5) is 5.69 Å². The Morgan fingerprint density at radius 2 is 1.64 bits per heavy atom. The van der Waals surface area contributed by atoms with Crippen molar-refractivity contribution < 1.29 is 19.4 Å². The zero-order chi connectivity index (χ0) is 25.5. The summed E-state index contributed by atoms with van der Waals surface area (Å²) in [5.74, 6) is 0.252. The second-order valence-corrected chi connectivity index (χ2v) is 8.82. The Hall–Kier alpha value is -4.32. The minimum Gasteiger partial charge on any atom is -0.497 e. The summed E-state index contributed by atoms with van der Waals surface area (Å²) in [5, 5.41) is 9.10. The number of pyridine rings is 1. The lowest BCUT2D eigenvalue weighted by Crippen LogP contribution is -2.30. The summed E-state index contributed by atoms with van der Waals surface area (Å²) in [6.45, 7) is 5.52. The van der Waals surface area contributed by atoms with Gasteiger partial charge in [-0.1, -0.05) is 42.5 Å². The lowest BCUT2D eigenvalue weighted by atomic mass is 10.0. The van der Waals surface area contributed by atoms with E-state index in [0.717, 1.165) is 34.7 Å². The maximum atomic E-state index is 11.1. The molecule has 0 atom stereocenters. The van der Waals surface area contributed by atoms with Gasteiger partial charge in [0.05, 0.1) is 18.9 Å². The van der Waals surface area contributed by atoms with Crippen molar-refractivity contribution in [1.29, 1.82) is 0 Å². The molecule has 0 radical (unpaired) electrons. The molecule has 1 N–H and O–H groups in total. The van der Waals surface area contributed by atoms with E-state index in [1.165, 1.54) is 24.0 Å². The molecule has 0 fully saturated rings. The number of aromatic nitrogens is 1. The molecule has 0 saturated carbocycles. The minimum absolute atomic E-state index is 0.103. The highest BCUT2D eigenvalue weighted by Crippen LogP contribution is 2.26. The zero-order valence-electron chi connectivity index (χ0n) is 20.7. The molecule has 184 valence electrons. The van der Waals surface area contributed by atoms with Gasteiger partial charge in [-0.25, -0.2) is 4.79 Å². The van der Waals surface area contributed by atoms with E-state index in [9.17, 15) is 4.79 Å². The van der Waals surface area contributed by atoms with Gasteiger partial charge in [0.15, 0.2) is 0 Å². The lowest BCUT2D eigenvalue weighted by Gasteiger charge is -2.29. The van der Waals surface area contributed by atoms with Crippen LogP contribution in [0.2, 0.25) is 0 Å². The second kappa shape index (κ2) is 11.4. The van der Waals surface area contributed by atoms with Crippen molar-refractivity contribution >= 4 is 11.7 Å². The molecule has 0 aliphatic heterocycles.